The fraction of sp³-hybridized carbons (Fsp3) is 0.647. The zero-order chi connectivity index (χ0) is 12.3. The average Bonchev–Trinajstić information content (AvgIpc) is 2.50. The van der Waals surface area contributed by atoms with Crippen LogP contribution in [0.4, 0.5) is 0 Å². The van der Waals surface area contributed by atoms with Gasteiger partial charge in [-0.15, -0.1) is 12.4 Å². The summed E-state index contributed by atoms with van der Waals surface area (Å²) in [6.45, 7) is 1.22. The van der Waals surface area contributed by atoms with Crippen molar-refractivity contribution in [2.45, 2.75) is 62.8 Å². The van der Waals surface area contributed by atoms with E-state index < -0.39 is 0 Å². The Labute approximate surface area is 123 Å². The number of piperidine rings is 1. The van der Waals surface area contributed by atoms with Gasteiger partial charge in [0.05, 0.1) is 0 Å². The minimum absolute atomic E-state index is 0. The monoisotopic (exact) mass is 279 g/mol. The van der Waals surface area contributed by atoms with Gasteiger partial charge in [0.15, 0.2) is 0 Å². The topological polar surface area (TPSA) is 12.0 Å². The lowest BCUT2D eigenvalue weighted by atomic mass is 9.63. The molecule has 1 aliphatic heterocycles. The van der Waals surface area contributed by atoms with Crippen LogP contribution < -0.4 is 5.32 Å². The van der Waals surface area contributed by atoms with Gasteiger partial charge in [-0.3, -0.25) is 0 Å². The van der Waals surface area contributed by atoms with E-state index in [1.54, 1.807) is 5.56 Å². The smallest absolute Gasteiger partial charge is 0.0164 e. The van der Waals surface area contributed by atoms with Gasteiger partial charge in [-0.05, 0) is 37.8 Å². The zero-order valence-corrected chi connectivity index (χ0v) is 12.6. The van der Waals surface area contributed by atoms with Crippen LogP contribution in [0.15, 0.2) is 30.3 Å². The van der Waals surface area contributed by atoms with Gasteiger partial charge >= 0.3 is 0 Å². The SMILES string of the molecule is Cl.c1ccc(C2(C3CCCCN3)CCCCC2)cc1. The van der Waals surface area contributed by atoms with Gasteiger partial charge in [0, 0.05) is 11.5 Å². The van der Waals surface area contributed by atoms with E-state index in [-0.39, 0.29) is 12.4 Å². The van der Waals surface area contributed by atoms with Gasteiger partial charge in [-0.1, -0.05) is 56.0 Å². The predicted octanol–water partition coefficient (Wildman–Crippen LogP) is 4.45. The highest BCUT2D eigenvalue weighted by Crippen LogP contribution is 2.44. The van der Waals surface area contributed by atoms with E-state index in [2.05, 4.69) is 35.6 Å². The third-order valence-electron chi connectivity index (χ3n) is 5.07. The second kappa shape index (κ2) is 6.76. The summed E-state index contributed by atoms with van der Waals surface area (Å²) in [7, 11) is 0. The number of benzene rings is 1. The number of nitrogens with one attached hydrogen (secondary N) is 1. The summed E-state index contributed by atoms with van der Waals surface area (Å²) in [6.07, 6.45) is 11.2. The summed E-state index contributed by atoms with van der Waals surface area (Å²) < 4.78 is 0. The van der Waals surface area contributed by atoms with Gasteiger partial charge in [-0.25, -0.2) is 0 Å². The normalized spacial score (nSPS) is 26.4. The van der Waals surface area contributed by atoms with Crippen LogP contribution in [0.2, 0.25) is 0 Å². The first kappa shape index (κ1) is 14.9. The van der Waals surface area contributed by atoms with Crippen molar-refractivity contribution < 1.29 is 0 Å². The third kappa shape index (κ3) is 2.98. The number of hydrogen-bond donors (Lipinski definition) is 1. The van der Waals surface area contributed by atoms with Crippen molar-refractivity contribution in [2.24, 2.45) is 0 Å². The highest BCUT2D eigenvalue weighted by atomic mass is 35.5. The summed E-state index contributed by atoms with van der Waals surface area (Å²) in [6, 6.07) is 12.0. The maximum atomic E-state index is 3.83. The molecule has 1 saturated heterocycles. The molecule has 19 heavy (non-hydrogen) atoms. The van der Waals surface area contributed by atoms with Crippen molar-refractivity contribution in [3.05, 3.63) is 35.9 Å². The second-order valence-corrected chi connectivity index (χ2v) is 6.09. The molecule has 0 aromatic heterocycles. The van der Waals surface area contributed by atoms with Crippen LogP contribution in [0, 0.1) is 0 Å². The Balaban J connectivity index is 0.00000133. The van der Waals surface area contributed by atoms with E-state index in [4.69, 9.17) is 0 Å². The van der Waals surface area contributed by atoms with Crippen molar-refractivity contribution in [2.75, 3.05) is 6.54 Å². The lowest BCUT2D eigenvalue weighted by molar-refractivity contribution is 0.185. The van der Waals surface area contributed by atoms with Crippen molar-refractivity contribution >= 4 is 12.4 Å². The molecule has 0 spiro atoms. The Hall–Kier alpha value is -0.530. The largest absolute Gasteiger partial charge is 0.313 e. The van der Waals surface area contributed by atoms with Crippen LogP contribution in [0.25, 0.3) is 0 Å². The molecule has 1 N–H and O–H groups in total. The lowest BCUT2D eigenvalue weighted by Gasteiger charge is -2.46. The van der Waals surface area contributed by atoms with Crippen molar-refractivity contribution in [1.82, 2.24) is 5.32 Å². The fourth-order valence-corrected chi connectivity index (χ4v) is 4.11. The molecule has 0 bridgehead atoms. The number of rotatable bonds is 2. The molecule has 1 heterocycles. The van der Waals surface area contributed by atoms with Gasteiger partial charge in [0.2, 0.25) is 0 Å². The molecule has 1 aliphatic carbocycles. The molecule has 106 valence electrons. The predicted molar refractivity (Wildman–Crippen MR) is 84.1 cm³/mol. The van der Waals surface area contributed by atoms with Crippen LogP contribution >= 0.6 is 12.4 Å². The van der Waals surface area contributed by atoms with E-state index in [1.165, 1.54) is 57.9 Å². The summed E-state index contributed by atoms with van der Waals surface area (Å²) in [5.41, 5.74) is 2.02. The highest BCUT2D eigenvalue weighted by Gasteiger charge is 2.41. The molecule has 1 saturated carbocycles. The molecule has 1 aromatic rings. The molecule has 1 aromatic carbocycles. The molecule has 1 atom stereocenters. The van der Waals surface area contributed by atoms with Crippen molar-refractivity contribution in [1.29, 1.82) is 0 Å². The first-order valence-corrected chi connectivity index (χ1v) is 7.71. The molecule has 2 heteroatoms. The molecule has 0 amide bonds. The van der Waals surface area contributed by atoms with Gasteiger partial charge in [-0.2, -0.15) is 0 Å². The number of halogens is 1. The van der Waals surface area contributed by atoms with E-state index >= 15 is 0 Å². The maximum absolute atomic E-state index is 3.83. The lowest BCUT2D eigenvalue weighted by Crippen LogP contribution is -2.51. The molecular weight excluding hydrogens is 254 g/mol. The van der Waals surface area contributed by atoms with Gasteiger partial charge in [0.1, 0.15) is 0 Å². The van der Waals surface area contributed by atoms with Crippen LogP contribution in [-0.2, 0) is 5.41 Å². The van der Waals surface area contributed by atoms with Gasteiger partial charge in [0.25, 0.3) is 0 Å². The Morgan fingerprint density at radius 3 is 2.26 bits per heavy atom. The Bertz CT molecular complexity index is 364. The fourth-order valence-electron chi connectivity index (χ4n) is 4.11. The van der Waals surface area contributed by atoms with Gasteiger partial charge < -0.3 is 5.32 Å². The summed E-state index contributed by atoms with van der Waals surface area (Å²) in [5.74, 6) is 0. The molecule has 2 fully saturated rings. The average molecular weight is 280 g/mol. The van der Waals surface area contributed by atoms with Crippen LogP contribution in [0.3, 0.4) is 0 Å². The summed E-state index contributed by atoms with van der Waals surface area (Å²) in [4.78, 5) is 0. The minimum Gasteiger partial charge on any atom is -0.313 e. The van der Waals surface area contributed by atoms with Crippen molar-refractivity contribution in [3.8, 4) is 0 Å². The molecule has 2 aliphatic rings. The summed E-state index contributed by atoms with van der Waals surface area (Å²) >= 11 is 0. The Morgan fingerprint density at radius 1 is 0.895 bits per heavy atom. The zero-order valence-electron chi connectivity index (χ0n) is 11.7. The Kier molecular flexibility index (Phi) is 5.29. The standard InChI is InChI=1S/C17H25N.ClH/c1-3-9-15(10-4-1)17(12-6-2-7-13-17)16-11-5-8-14-18-16;/h1,3-4,9-10,16,18H,2,5-8,11-14H2;1H. The first-order valence-electron chi connectivity index (χ1n) is 7.71. The first-order chi connectivity index (χ1) is 8.92. The quantitative estimate of drug-likeness (QED) is 0.843. The Morgan fingerprint density at radius 2 is 1.63 bits per heavy atom. The van der Waals surface area contributed by atoms with E-state index in [9.17, 15) is 0 Å². The van der Waals surface area contributed by atoms with Crippen LogP contribution in [-0.4, -0.2) is 12.6 Å². The molecule has 3 rings (SSSR count). The minimum atomic E-state index is 0. The summed E-state index contributed by atoms with van der Waals surface area (Å²) in [5, 5.41) is 3.83. The third-order valence-corrected chi connectivity index (χ3v) is 5.07. The number of hydrogen-bond acceptors (Lipinski definition) is 1. The van der Waals surface area contributed by atoms with E-state index in [0.717, 1.165) is 0 Å². The van der Waals surface area contributed by atoms with Crippen LogP contribution in [0.1, 0.15) is 56.9 Å². The molecule has 1 nitrogen and oxygen atoms in total. The molecule has 1 unspecified atom stereocenters. The molecule has 0 radical (unpaired) electrons. The van der Waals surface area contributed by atoms with E-state index in [1.807, 2.05) is 0 Å². The van der Waals surface area contributed by atoms with Crippen molar-refractivity contribution in [3.63, 3.8) is 0 Å². The maximum Gasteiger partial charge on any atom is 0.0164 e. The van der Waals surface area contributed by atoms with Crippen LogP contribution in [0.5, 0.6) is 0 Å². The second-order valence-electron chi connectivity index (χ2n) is 6.09. The highest BCUT2D eigenvalue weighted by molar-refractivity contribution is 5.85. The van der Waals surface area contributed by atoms with E-state index in [0.29, 0.717) is 11.5 Å². The molecular formula is C17H26ClN.